The highest BCUT2D eigenvalue weighted by molar-refractivity contribution is 5.85. The van der Waals surface area contributed by atoms with Crippen LogP contribution in [0.4, 0.5) is 0 Å². The number of hydrogen-bond donors (Lipinski definition) is 1. The van der Waals surface area contributed by atoms with Gasteiger partial charge in [-0.3, -0.25) is 0 Å². The minimum atomic E-state index is 0. The highest BCUT2D eigenvalue weighted by Crippen LogP contribution is 2.41. The lowest BCUT2D eigenvalue weighted by Gasteiger charge is -2.35. The Morgan fingerprint density at radius 3 is 2.44 bits per heavy atom. The van der Waals surface area contributed by atoms with Gasteiger partial charge in [-0.2, -0.15) is 0 Å². The molecule has 0 spiro atoms. The topological polar surface area (TPSA) is 21.3 Å². The monoisotopic (exact) mass is 249 g/mol. The fourth-order valence-corrected chi connectivity index (χ4v) is 2.61. The third-order valence-electron chi connectivity index (χ3n) is 3.98. The Kier molecular flexibility index (Phi) is 8.43. The maximum absolute atomic E-state index is 5.84. The highest BCUT2D eigenvalue weighted by Gasteiger charge is 2.38. The van der Waals surface area contributed by atoms with Crippen LogP contribution in [0, 0.1) is 5.41 Å². The first-order chi connectivity index (χ1) is 7.25. The maximum atomic E-state index is 5.84. The average molecular weight is 250 g/mol. The van der Waals surface area contributed by atoms with Gasteiger partial charge in [-0.1, -0.05) is 26.2 Å². The Balaban J connectivity index is 0.00000225. The SMILES string of the molecule is CCCCOCC1(C(C)NC)CCCC1.Cl. The van der Waals surface area contributed by atoms with Gasteiger partial charge >= 0.3 is 0 Å². The fourth-order valence-electron chi connectivity index (χ4n) is 2.61. The van der Waals surface area contributed by atoms with Crippen LogP contribution in [0.2, 0.25) is 0 Å². The molecule has 1 N–H and O–H groups in total. The van der Waals surface area contributed by atoms with Gasteiger partial charge in [0.1, 0.15) is 0 Å². The summed E-state index contributed by atoms with van der Waals surface area (Å²) in [6.07, 6.45) is 7.85. The summed E-state index contributed by atoms with van der Waals surface area (Å²) in [6.45, 7) is 6.41. The van der Waals surface area contributed by atoms with Crippen LogP contribution in [0.25, 0.3) is 0 Å². The third kappa shape index (κ3) is 4.23. The second-order valence-electron chi connectivity index (χ2n) is 4.99. The van der Waals surface area contributed by atoms with Crippen molar-refractivity contribution in [1.82, 2.24) is 5.32 Å². The van der Waals surface area contributed by atoms with Crippen molar-refractivity contribution in [2.24, 2.45) is 5.41 Å². The van der Waals surface area contributed by atoms with Gasteiger partial charge in [-0.15, -0.1) is 12.4 Å². The highest BCUT2D eigenvalue weighted by atomic mass is 35.5. The van der Waals surface area contributed by atoms with E-state index in [1.807, 2.05) is 0 Å². The van der Waals surface area contributed by atoms with E-state index in [9.17, 15) is 0 Å². The molecule has 1 unspecified atom stereocenters. The maximum Gasteiger partial charge on any atom is 0.0537 e. The Hall–Kier alpha value is 0.210. The van der Waals surface area contributed by atoms with Crippen LogP contribution < -0.4 is 5.32 Å². The van der Waals surface area contributed by atoms with E-state index in [1.54, 1.807) is 0 Å². The molecule has 1 aliphatic rings. The molecule has 0 heterocycles. The number of halogens is 1. The third-order valence-corrected chi connectivity index (χ3v) is 3.98. The summed E-state index contributed by atoms with van der Waals surface area (Å²) in [7, 11) is 2.07. The van der Waals surface area contributed by atoms with E-state index in [0.29, 0.717) is 11.5 Å². The van der Waals surface area contributed by atoms with Gasteiger partial charge in [-0.25, -0.2) is 0 Å². The fraction of sp³-hybridized carbons (Fsp3) is 1.00. The van der Waals surface area contributed by atoms with Crippen LogP contribution >= 0.6 is 12.4 Å². The predicted molar refractivity (Wildman–Crippen MR) is 72.4 cm³/mol. The van der Waals surface area contributed by atoms with Gasteiger partial charge in [0, 0.05) is 18.1 Å². The van der Waals surface area contributed by atoms with Crippen molar-refractivity contribution in [3.8, 4) is 0 Å². The lowest BCUT2D eigenvalue weighted by Crippen LogP contribution is -2.43. The first-order valence-corrected chi connectivity index (χ1v) is 6.50. The minimum Gasteiger partial charge on any atom is -0.381 e. The van der Waals surface area contributed by atoms with Crippen molar-refractivity contribution in [3.05, 3.63) is 0 Å². The van der Waals surface area contributed by atoms with E-state index in [2.05, 4.69) is 26.2 Å². The lowest BCUT2D eigenvalue weighted by molar-refractivity contribution is 0.0267. The first kappa shape index (κ1) is 16.2. The molecule has 1 atom stereocenters. The molecule has 98 valence electrons. The lowest BCUT2D eigenvalue weighted by atomic mass is 9.80. The first-order valence-electron chi connectivity index (χ1n) is 6.50. The van der Waals surface area contributed by atoms with Crippen LogP contribution in [0.3, 0.4) is 0 Å². The van der Waals surface area contributed by atoms with Crippen molar-refractivity contribution >= 4 is 12.4 Å². The van der Waals surface area contributed by atoms with E-state index in [1.165, 1.54) is 38.5 Å². The number of nitrogens with one attached hydrogen (secondary N) is 1. The van der Waals surface area contributed by atoms with Gasteiger partial charge < -0.3 is 10.1 Å². The van der Waals surface area contributed by atoms with E-state index in [0.717, 1.165) is 13.2 Å². The molecule has 0 aromatic carbocycles. The largest absolute Gasteiger partial charge is 0.381 e. The van der Waals surface area contributed by atoms with Crippen molar-refractivity contribution in [1.29, 1.82) is 0 Å². The van der Waals surface area contributed by atoms with E-state index in [4.69, 9.17) is 4.74 Å². The minimum absolute atomic E-state index is 0. The number of rotatable bonds is 7. The molecule has 1 fully saturated rings. The Bertz CT molecular complexity index is 169. The normalized spacial score (nSPS) is 20.4. The molecule has 1 aliphatic carbocycles. The molecular weight excluding hydrogens is 222 g/mol. The zero-order valence-electron chi connectivity index (χ0n) is 11.1. The zero-order valence-corrected chi connectivity index (χ0v) is 11.9. The summed E-state index contributed by atoms with van der Waals surface area (Å²) in [6, 6.07) is 0.585. The molecule has 0 saturated heterocycles. The molecule has 0 amide bonds. The predicted octanol–water partition coefficient (Wildman–Crippen LogP) is 3.39. The van der Waals surface area contributed by atoms with Crippen molar-refractivity contribution in [2.45, 2.75) is 58.4 Å². The Morgan fingerprint density at radius 2 is 1.94 bits per heavy atom. The summed E-state index contributed by atoms with van der Waals surface area (Å²) in [5.41, 5.74) is 0.419. The number of hydrogen-bond acceptors (Lipinski definition) is 2. The Morgan fingerprint density at radius 1 is 1.31 bits per heavy atom. The van der Waals surface area contributed by atoms with Gasteiger partial charge in [0.15, 0.2) is 0 Å². The van der Waals surface area contributed by atoms with Crippen LogP contribution in [-0.4, -0.2) is 26.3 Å². The van der Waals surface area contributed by atoms with Gasteiger partial charge in [0.05, 0.1) is 6.61 Å². The Labute approximate surface area is 107 Å². The molecule has 0 bridgehead atoms. The van der Waals surface area contributed by atoms with Crippen LogP contribution in [0.15, 0.2) is 0 Å². The van der Waals surface area contributed by atoms with E-state index < -0.39 is 0 Å². The van der Waals surface area contributed by atoms with Crippen LogP contribution in [0.1, 0.15) is 52.4 Å². The zero-order chi connectivity index (χ0) is 11.1. The average Bonchev–Trinajstić information content (AvgIpc) is 2.73. The molecule has 1 saturated carbocycles. The second-order valence-corrected chi connectivity index (χ2v) is 4.99. The summed E-state index contributed by atoms with van der Waals surface area (Å²) in [5, 5.41) is 3.41. The molecule has 0 aromatic rings. The van der Waals surface area contributed by atoms with E-state index >= 15 is 0 Å². The molecular formula is C13H28ClNO. The second kappa shape index (κ2) is 8.32. The van der Waals surface area contributed by atoms with Crippen LogP contribution in [-0.2, 0) is 4.74 Å². The van der Waals surface area contributed by atoms with Gasteiger partial charge in [-0.05, 0) is 33.2 Å². The molecule has 1 rings (SSSR count). The smallest absolute Gasteiger partial charge is 0.0537 e. The van der Waals surface area contributed by atoms with Crippen molar-refractivity contribution < 1.29 is 4.74 Å². The molecule has 0 radical (unpaired) electrons. The quantitative estimate of drug-likeness (QED) is 0.699. The van der Waals surface area contributed by atoms with Gasteiger partial charge in [0.25, 0.3) is 0 Å². The molecule has 16 heavy (non-hydrogen) atoms. The number of ether oxygens (including phenoxy) is 1. The summed E-state index contributed by atoms with van der Waals surface area (Å²) in [5.74, 6) is 0. The summed E-state index contributed by atoms with van der Waals surface area (Å²) >= 11 is 0. The summed E-state index contributed by atoms with van der Waals surface area (Å²) < 4.78 is 5.84. The van der Waals surface area contributed by atoms with E-state index in [-0.39, 0.29) is 12.4 Å². The van der Waals surface area contributed by atoms with Crippen LogP contribution in [0.5, 0.6) is 0 Å². The number of unbranched alkanes of at least 4 members (excludes halogenated alkanes) is 1. The summed E-state index contributed by atoms with van der Waals surface area (Å²) in [4.78, 5) is 0. The standard InChI is InChI=1S/C13H27NO.ClH/c1-4-5-10-15-11-13(12(2)14-3)8-6-7-9-13;/h12,14H,4-11H2,1-3H3;1H. The van der Waals surface area contributed by atoms with Gasteiger partial charge in [0.2, 0.25) is 0 Å². The molecule has 2 nitrogen and oxygen atoms in total. The molecule has 0 aliphatic heterocycles. The van der Waals surface area contributed by atoms with Crippen molar-refractivity contribution in [3.63, 3.8) is 0 Å². The van der Waals surface area contributed by atoms with Crippen molar-refractivity contribution in [2.75, 3.05) is 20.3 Å². The molecule has 0 aromatic heterocycles. The molecule has 3 heteroatoms.